The van der Waals surface area contributed by atoms with Gasteiger partial charge < -0.3 is 9.47 Å². The van der Waals surface area contributed by atoms with Crippen molar-refractivity contribution in [2.75, 3.05) is 7.11 Å². The van der Waals surface area contributed by atoms with Crippen molar-refractivity contribution in [2.45, 2.75) is 4.90 Å². The average molecular weight is 438 g/mol. The number of nitrogens with one attached hydrogen (secondary N) is 1. The van der Waals surface area contributed by atoms with Crippen molar-refractivity contribution in [1.82, 2.24) is 9.78 Å². The minimum absolute atomic E-state index is 0.0626. The molecule has 0 saturated carbocycles. The smallest absolute Gasteiger partial charge is 0.298 e. The van der Waals surface area contributed by atoms with Crippen LogP contribution in [0.25, 0.3) is 16.9 Å². The molecule has 1 heterocycles. The van der Waals surface area contributed by atoms with E-state index >= 15 is 0 Å². The van der Waals surface area contributed by atoms with E-state index in [2.05, 4.69) is 5.10 Å². The van der Waals surface area contributed by atoms with Gasteiger partial charge in [0, 0.05) is 6.07 Å². The first-order chi connectivity index (χ1) is 14.8. The predicted octanol–water partition coefficient (Wildman–Crippen LogP) is 3.88. The third-order valence-corrected chi connectivity index (χ3v) is 5.43. The summed E-state index contributed by atoms with van der Waals surface area (Å²) in [5.74, 6) is 1.02. The van der Waals surface area contributed by atoms with Crippen LogP contribution in [-0.4, -0.2) is 29.9 Å². The van der Waals surface area contributed by atoms with Crippen LogP contribution in [0.5, 0.6) is 17.2 Å². The number of methoxy groups -OCH3 is 1. The van der Waals surface area contributed by atoms with E-state index in [-0.39, 0.29) is 11.4 Å². The van der Waals surface area contributed by atoms with E-state index < -0.39 is 20.6 Å². The van der Waals surface area contributed by atoms with Crippen LogP contribution >= 0.6 is 0 Å². The monoisotopic (exact) mass is 438 g/mol. The SMILES string of the molecule is COc1ccc(-c2cc(=O)n(-c3ccc(Oc4ccccc4)c(S(=O)(=O)O)c3)[nH]2)cc1. The van der Waals surface area contributed by atoms with Gasteiger partial charge in [-0.2, -0.15) is 8.42 Å². The number of nitrogens with zero attached hydrogens (tertiary/aromatic N) is 1. The molecular formula is C22H18N2O6S. The Labute approximate surface area is 178 Å². The highest BCUT2D eigenvalue weighted by Gasteiger charge is 2.20. The second kappa shape index (κ2) is 8.13. The molecule has 0 atom stereocenters. The molecule has 0 aliphatic rings. The van der Waals surface area contributed by atoms with Crippen LogP contribution in [0, 0.1) is 0 Å². The van der Waals surface area contributed by atoms with E-state index in [1.54, 1.807) is 61.7 Å². The third kappa shape index (κ3) is 4.37. The van der Waals surface area contributed by atoms with E-state index in [1.165, 1.54) is 28.9 Å². The zero-order chi connectivity index (χ0) is 22.0. The highest BCUT2D eigenvalue weighted by atomic mass is 32.2. The van der Waals surface area contributed by atoms with E-state index in [9.17, 15) is 17.8 Å². The summed E-state index contributed by atoms with van der Waals surface area (Å²) in [6.07, 6.45) is 0. The number of aromatic nitrogens is 2. The van der Waals surface area contributed by atoms with Crippen molar-refractivity contribution < 1.29 is 22.4 Å². The first kappa shape index (κ1) is 20.5. The van der Waals surface area contributed by atoms with Gasteiger partial charge in [0.2, 0.25) is 0 Å². The van der Waals surface area contributed by atoms with Crippen LogP contribution < -0.4 is 15.0 Å². The Morgan fingerprint density at radius 2 is 1.61 bits per heavy atom. The largest absolute Gasteiger partial charge is 0.497 e. The molecule has 0 bridgehead atoms. The number of hydrogen-bond donors (Lipinski definition) is 2. The molecule has 3 aromatic carbocycles. The molecule has 4 rings (SSSR count). The Morgan fingerprint density at radius 1 is 0.903 bits per heavy atom. The molecular weight excluding hydrogens is 420 g/mol. The zero-order valence-electron chi connectivity index (χ0n) is 16.3. The van der Waals surface area contributed by atoms with Gasteiger partial charge in [-0.05, 0) is 60.2 Å². The molecule has 158 valence electrons. The van der Waals surface area contributed by atoms with Crippen molar-refractivity contribution in [3.05, 3.63) is 89.2 Å². The zero-order valence-corrected chi connectivity index (χ0v) is 17.2. The molecule has 0 aliphatic carbocycles. The normalized spacial score (nSPS) is 11.3. The summed E-state index contributed by atoms with van der Waals surface area (Å²) in [7, 11) is -3.06. The van der Waals surface area contributed by atoms with Crippen molar-refractivity contribution in [3.8, 4) is 34.2 Å². The van der Waals surface area contributed by atoms with Gasteiger partial charge in [-0.3, -0.25) is 14.4 Å². The maximum absolute atomic E-state index is 12.5. The number of benzene rings is 3. The Morgan fingerprint density at radius 3 is 2.26 bits per heavy atom. The maximum Gasteiger partial charge on any atom is 0.298 e. The molecule has 2 N–H and O–H groups in total. The lowest BCUT2D eigenvalue weighted by Gasteiger charge is -2.11. The number of para-hydroxylation sites is 1. The second-order valence-electron chi connectivity index (χ2n) is 6.59. The maximum atomic E-state index is 12.5. The van der Waals surface area contributed by atoms with Crippen molar-refractivity contribution in [1.29, 1.82) is 0 Å². The molecule has 0 radical (unpaired) electrons. The molecule has 0 saturated heterocycles. The van der Waals surface area contributed by atoms with Gasteiger partial charge in [-0.1, -0.05) is 18.2 Å². The Balaban J connectivity index is 1.75. The molecule has 31 heavy (non-hydrogen) atoms. The minimum Gasteiger partial charge on any atom is -0.497 e. The fourth-order valence-electron chi connectivity index (χ4n) is 3.04. The first-order valence-electron chi connectivity index (χ1n) is 9.16. The van der Waals surface area contributed by atoms with Crippen LogP contribution in [0.3, 0.4) is 0 Å². The Hall–Kier alpha value is -3.82. The molecule has 0 amide bonds. The first-order valence-corrected chi connectivity index (χ1v) is 10.6. The lowest BCUT2D eigenvalue weighted by molar-refractivity contribution is 0.415. The molecule has 0 unspecified atom stereocenters. The molecule has 8 nitrogen and oxygen atoms in total. The second-order valence-corrected chi connectivity index (χ2v) is 7.98. The van der Waals surface area contributed by atoms with Gasteiger partial charge in [-0.25, -0.2) is 4.68 Å². The summed E-state index contributed by atoms with van der Waals surface area (Å²) in [4.78, 5) is 12.1. The Bertz CT molecular complexity index is 1370. The van der Waals surface area contributed by atoms with E-state index in [0.29, 0.717) is 17.2 Å². The Kier molecular flexibility index (Phi) is 5.37. The van der Waals surface area contributed by atoms with Crippen LogP contribution in [0.1, 0.15) is 0 Å². The van der Waals surface area contributed by atoms with Gasteiger partial charge in [-0.15, -0.1) is 0 Å². The van der Waals surface area contributed by atoms with Crippen LogP contribution in [0.4, 0.5) is 0 Å². The van der Waals surface area contributed by atoms with Crippen molar-refractivity contribution >= 4 is 10.1 Å². The summed E-state index contributed by atoms with van der Waals surface area (Å²) in [5.41, 5.74) is 1.10. The third-order valence-electron chi connectivity index (χ3n) is 4.56. The van der Waals surface area contributed by atoms with Crippen LogP contribution in [-0.2, 0) is 10.1 Å². The minimum atomic E-state index is -4.62. The average Bonchev–Trinajstić information content (AvgIpc) is 3.15. The quantitative estimate of drug-likeness (QED) is 0.442. The van der Waals surface area contributed by atoms with Gasteiger partial charge in [0.25, 0.3) is 15.7 Å². The van der Waals surface area contributed by atoms with Crippen molar-refractivity contribution in [2.24, 2.45) is 0 Å². The standard InChI is InChI=1S/C22H18N2O6S/c1-29-17-10-7-15(8-11-17)19-14-22(25)24(23-19)16-9-12-20(21(13-16)31(26,27)28)30-18-5-3-2-4-6-18/h2-14,23H,1H3,(H,26,27,28). The topological polar surface area (TPSA) is 111 Å². The van der Waals surface area contributed by atoms with Gasteiger partial charge in [0.1, 0.15) is 22.1 Å². The summed E-state index contributed by atoms with van der Waals surface area (Å²) >= 11 is 0. The van der Waals surface area contributed by atoms with E-state index in [4.69, 9.17) is 9.47 Å². The summed E-state index contributed by atoms with van der Waals surface area (Å²) in [5, 5.41) is 2.95. The summed E-state index contributed by atoms with van der Waals surface area (Å²) in [6, 6.07) is 21.1. The fourth-order valence-corrected chi connectivity index (χ4v) is 3.68. The van der Waals surface area contributed by atoms with Gasteiger partial charge >= 0.3 is 0 Å². The molecule has 0 aliphatic heterocycles. The number of hydrogen-bond acceptors (Lipinski definition) is 5. The highest BCUT2D eigenvalue weighted by molar-refractivity contribution is 7.86. The molecule has 0 spiro atoms. The van der Waals surface area contributed by atoms with Crippen molar-refractivity contribution in [3.63, 3.8) is 0 Å². The van der Waals surface area contributed by atoms with E-state index in [0.717, 1.165) is 5.56 Å². The van der Waals surface area contributed by atoms with Gasteiger partial charge in [0.15, 0.2) is 0 Å². The highest BCUT2D eigenvalue weighted by Crippen LogP contribution is 2.30. The number of ether oxygens (including phenoxy) is 2. The lowest BCUT2D eigenvalue weighted by atomic mass is 10.1. The number of aromatic amines is 1. The van der Waals surface area contributed by atoms with Crippen LogP contribution in [0.15, 0.2) is 88.6 Å². The van der Waals surface area contributed by atoms with E-state index in [1.807, 2.05) is 0 Å². The molecule has 9 heteroatoms. The number of H-pyrrole nitrogens is 1. The fraction of sp³-hybridized carbons (Fsp3) is 0.0455. The molecule has 0 fully saturated rings. The molecule has 1 aromatic heterocycles. The predicted molar refractivity (Wildman–Crippen MR) is 115 cm³/mol. The lowest BCUT2D eigenvalue weighted by Crippen LogP contribution is -2.14. The van der Waals surface area contributed by atoms with Gasteiger partial charge in [0.05, 0.1) is 18.5 Å². The summed E-state index contributed by atoms with van der Waals surface area (Å²) in [6.45, 7) is 0. The van der Waals surface area contributed by atoms with Crippen LogP contribution in [0.2, 0.25) is 0 Å². The molecule has 4 aromatic rings. The number of rotatable bonds is 6. The summed E-state index contributed by atoms with van der Waals surface area (Å²) < 4.78 is 45.6.